The molecule has 2 nitrogen and oxygen atoms in total. The molecule has 118 valence electrons. The first-order valence-electron chi connectivity index (χ1n) is 8.22. The van der Waals surface area contributed by atoms with E-state index in [0.717, 1.165) is 11.8 Å². The van der Waals surface area contributed by atoms with Crippen LogP contribution >= 0.6 is 12.4 Å². The summed E-state index contributed by atoms with van der Waals surface area (Å²) >= 11 is 0. The predicted molar refractivity (Wildman–Crippen MR) is 92.6 cm³/mol. The Hall–Kier alpha value is -0.570. The van der Waals surface area contributed by atoms with Crippen molar-refractivity contribution in [3.05, 3.63) is 34.9 Å². The molecule has 2 saturated heterocycles. The molecule has 2 aliphatic rings. The van der Waals surface area contributed by atoms with Gasteiger partial charge in [-0.1, -0.05) is 23.8 Å². The van der Waals surface area contributed by atoms with E-state index in [1.165, 1.54) is 63.1 Å². The fraction of sp³-hybridized carbons (Fsp3) is 0.667. The van der Waals surface area contributed by atoms with Gasteiger partial charge in [-0.3, -0.25) is 0 Å². The molecule has 0 aromatic heterocycles. The van der Waals surface area contributed by atoms with E-state index < -0.39 is 0 Å². The van der Waals surface area contributed by atoms with E-state index in [1.807, 2.05) is 0 Å². The number of nitrogens with zero attached hydrogens (tertiary/aromatic N) is 1. The summed E-state index contributed by atoms with van der Waals surface area (Å²) in [5.74, 6) is 1.63. The average molecular weight is 309 g/mol. The van der Waals surface area contributed by atoms with Gasteiger partial charge in [0.2, 0.25) is 0 Å². The summed E-state index contributed by atoms with van der Waals surface area (Å²) in [6.45, 7) is 10.8. The molecule has 21 heavy (non-hydrogen) atoms. The van der Waals surface area contributed by atoms with Crippen LogP contribution in [0.3, 0.4) is 0 Å². The van der Waals surface area contributed by atoms with Gasteiger partial charge in [-0.25, -0.2) is 0 Å². The second-order valence-corrected chi connectivity index (χ2v) is 6.82. The van der Waals surface area contributed by atoms with Crippen molar-refractivity contribution in [1.82, 2.24) is 10.2 Å². The van der Waals surface area contributed by atoms with Crippen LogP contribution in [0, 0.1) is 19.8 Å². The zero-order valence-corrected chi connectivity index (χ0v) is 14.2. The summed E-state index contributed by atoms with van der Waals surface area (Å²) in [6, 6.07) is 6.97. The average Bonchev–Trinajstić information content (AvgIpc) is 2.88. The number of hydrogen-bond donors (Lipinski definition) is 1. The van der Waals surface area contributed by atoms with Crippen molar-refractivity contribution in [3.8, 4) is 0 Å². The van der Waals surface area contributed by atoms with Crippen molar-refractivity contribution in [2.75, 3.05) is 32.7 Å². The van der Waals surface area contributed by atoms with Gasteiger partial charge in [0, 0.05) is 13.1 Å². The van der Waals surface area contributed by atoms with Gasteiger partial charge in [-0.05, 0) is 75.7 Å². The van der Waals surface area contributed by atoms with E-state index >= 15 is 0 Å². The monoisotopic (exact) mass is 308 g/mol. The Morgan fingerprint density at radius 2 is 2.10 bits per heavy atom. The summed E-state index contributed by atoms with van der Waals surface area (Å²) in [6.07, 6.45) is 4.11. The van der Waals surface area contributed by atoms with Gasteiger partial charge in [0.1, 0.15) is 0 Å². The Morgan fingerprint density at radius 1 is 1.24 bits per heavy atom. The normalized spacial score (nSPS) is 26.6. The fourth-order valence-corrected chi connectivity index (χ4v) is 3.98. The minimum Gasteiger partial charge on any atom is -0.316 e. The van der Waals surface area contributed by atoms with E-state index in [4.69, 9.17) is 0 Å². The third-order valence-corrected chi connectivity index (χ3v) is 5.05. The Bertz CT molecular complexity index is 455. The zero-order valence-electron chi connectivity index (χ0n) is 13.4. The molecule has 0 radical (unpaired) electrons. The lowest BCUT2D eigenvalue weighted by atomic mass is 9.93. The second kappa shape index (κ2) is 7.62. The highest BCUT2D eigenvalue weighted by atomic mass is 35.5. The molecule has 0 aliphatic carbocycles. The van der Waals surface area contributed by atoms with Gasteiger partial charge in [-0.15, -0.1) is 12.4 Å². The van der Waals surface area contributed by atoms with Gasteiger partial charge in [0.05, 0.1) is 0 Å². The maximum absolute atomic E-state index is 3.54. The van der Waals surface area contributed by atoms with Gasteiger partial charge >= 0.3 is 0 Å². The highest BCUT2D eigenvalue weighted by Crippen LogP contribution is 2.30. The van der Waals surface area contributed by atoms with E-state index in [1.54, 1.807) is 5.56 Å². The number of rotatable bonds is 3. The third-order valence-electron chi connectivity index (χ3n) is 5.05. The van der Waals surface area contributed by atoms with Crippen molar-refractivity contribution in [3.63, 3.8) is 0 Å². The van der Waals surface area contributed by atoms with Crippen LogP contribution in [0.25, 0.3) is 0 Å². The van der Waals surface area contributed by atoms with Crippen molar-refractivity contribution in [2.24, 2.45) is 5.92 Å². The molecule has 1 N–H and O–H groups in total. The standard InChI is InChI=1S/C18H28N2.ClH/c1-14-5-6-18(15(2)10-14)17-7-9-20(13-17)12-16-4-3-8-19-11-16;/h5-6,10,16-17,19H,3-4,7-9,11-13H2,1-2H3;1H. The molecular formula is C18H29ClN2. The van der Waals surface area contributed by atoms with Crippen LogP contribution in [0.2, 0.25) is 0 Å². The molecule has 0 amide bonds. The third kappa shape index (κ3) is 4.21. The number of likely N-dealkylation sites (tertiary alicyclic amines) is 1. The molecule has 3 heteroatoms. The lowest BCUT2D eigenvalue weighted by Gasteiger charge is -2.27. The molecule has 1 aromatic rings. The molecule has 3 rings (SSSR count). The van der Waals surface area contributed by atoms with Crippen molar-refractivity contribution in [2.45, 2.75) is 39.0 Å². The van der Waals surface area contributed by atoms with Crippen LogP contribution < -0.4 is 5.32 Å². The minimum atomic E-state index is 0. The quantitative estimate of drug-likeness (QED) is 0.919. The summed E-state index contributed by atoms with van der Waals surface area (Å²) < 4.78 is 0. The first-order valence-corrected chi connectivity index (χ1v) is 8.22. The van der Waals surface area contributed by atoms with Crippen LogP contribution in [0.15, 0.2) is 18.2 Å². The molecule has 1 aromatic carbocycles. The Morgan fingerprint density at radius 3 is 2.81 bits per heavy atom. The second-order valence-electron chi connectivity index (χ2n) is 6.82. The molecule has 2 fully saturated rings. The Balaban J connectivity index is 0.00000161. The molecule has 0 saturated carbocycles. The minimum absolute atomic E-state index is 0. The molecule has 2 unspecified atom stereocenters. The van der Waals surface area contributed by atoms with Crippen LogP contribution in [0.5, 0.6) is 0 Å². The van der Waals surface area contributed by atoms with Crippen LogP contribution in [-0.4, -0.2) is 37.6 Å². The molecule has 2 heterocycles. The van der Waals surface area contributed by atoms with Gasteiger partial charge in [0.15, 0.2) is 0 Å². The molecule has 0 bridgehead atoms. The number of nitrogens with one attached hydrogen (secondary N) is 1. The smallest absolute Gasteiger partial charge is 0.00510 e. The lowest BCUT2D eigenvalue weighted by Crippen LogP contribution is -2.37. The largest absolute Gasteiger partial charge is 0.316 e. The van der Waals surface area contributed by atoms with Gasteiger partial charge in [0.25, 0.3) is 0 Å². The first-order chi connectivity index (χ1) is 9.72. The maximum atomic E-state index is 3.54. The Labute approximate surface area is 135 Å². The SMILES string of the molecule is Cc1ccc(C2CCN(CC3CCCNC3)C2)c(C)c1.Cl. The molecule has 2 atom stereocenters. The van der Waals surface area contributed by atoms with Crippen LogP contribution in [0.1, 0.15) is 41.9 Å². The van der Waals surface area contributed by atoms with Crippen LogP contribution in [0.4, 0.5) is 0 Å². The van der Waals surface area contributed by atoms with E-state index in [0.29, 0.717) is 0 Å². The summed E-state index contributed by atoms with van der Waals surface area (Å²) in [4.78, 5) is 2.70. The van der Waals surface area contributed by atoms with Crippen molar-refractivity contribution < 1.29 is 0 Å². The number of benzene rings is 1. The van der Waals surface area contributed by atoms with Gasteiger partial charge in [-0.2, -0.15) is 0 Å². The fourth-order valence-electron chi connectivity index (χ4n) is 3.98. The molecule has 0 spiro atoms. The number of piperidine rings is 1. The van der Waals surface area contributed by atoms with Crippen molar-refractivity contribution in [1.29, 1.82) is 0 Å². The van der Waals surface area contributed by atoms with Crippen LogP contribution in [-0.2, 0) is 0 Å². The summed E-state index contributed by atoms with van der Waals surface area (Å²) in [5, 5.41) is 3.54. The first kappa shape index (κ1) is 16.8. The number of aryl methyl sites for hydroxylation is 2. The number of hydrogen-bond acceptors (Lipinski definition) is 2. The van der Waals surface area contributed by atoms with E-state index in [2.05, 4.69) is 42.3 Å². The van der Waals surface area contributed by atoms with E-state index in [-0.39, 0.29) is 12.4 Å². The number of halogens is 1. The van der Waals surface area contributed by atoms with E-state index in [9.17, 15) is 0 Å². The predicted octanol–water partition coefficient (Wildman–Crippen LogP) is 3.51. The van der Waals surface area contributed by atoms with Crippen molar-refractivity contribution >= 4 is 12.4 Å². The Kier molecular flexibility index (Phi) is 6.09. The summed E-state index contributed by atoms with van der Waals surface area (Å²) in [7, 11) is 0. The van der Waals surface area contributed by atoms with Gasteiger partial charge < -0.3 is 10.2 Å². The summed E-state index contributed by atoms with van der Waals surface area (Å²) in [5.41, 5.74) is 4.45. The topological polar surface area (TPSA) is 15.3 Å². The highest BCUT2D eigenvalue weighted by molar-refractivity contribution is 5.85. The molecular weight excluding hydrogens is 280 g/mol. The maximum Gasteiger partial charge on any atom is 0.00510 e. The molecule has 2 aliphatic heterocycles. The zero-order chi connectivity index (χ0) is 13.9. The highest BCUT2D eigenvalue weighted by Gasteiger charge is 2.27. The lowest BCUT2D eigenvalue weighted by molar-refractivity contribution is 0.242.